The fraction of sp³-hybridized carbons (Fsp3) is 0.500. The molecule has 3 rings (SSSR count). The van der Waals surface area contributed by atoms with Crippen molar-refractivity contribution in [3.8, 4) is 0 Å². The van der Waals surface area contributed by atoms with Gasteiger partial charge in [-0.3, -0.25) is 0 Å². The Kier molecular flexibility index (Phi) is 3.58. The van der Waals surface area contributed by atoms with E-state index in [1.165, 1.54) is 0 Å². The van der Waals surface area contributed by atoms with Crippen molar-refractivity contribution in [2.24, 2.45) is 0 Å². The highest BCUT2D eigenvalue weighted by molar-refractivity contribution is 9.10. The average Bonchev–Trinajstić information content (AvgIpc) is 2.79. The number of hydrogen-bond donors (Lipinski definition) is 1. The van der Waals surface area contributed by atoms with E-state index in [0.29, 0.717) is 0 Å². The molecule has 1 saturated heterocycles. The van der Waals surface area contributed by atoms with Crippen molar-refractivity contribution in [2.45, 2.75) is 6.42 Å². The second kappa shape index (κ2) is 5.34. The highest BCUT2D eigenvalue weighted by Gasteiger charge is 2.11. The summed E-state index contributed by atoms with van der Waals surface area (Å²) >= 11 is 3.44. The number of nitrogens with zero attached hydrogens (tertiary/aromatic N) is 4. The number of aromatic nitrogens is 3. The maximum Gasteiger partial charge on any atom is 0.155 e. The lowest BCUT2D eigenvalue weighted by atomic mass is 10.3. The van der Waals surface area contributed by atoms with Gasteiger partial charge < -0.3 is 10.2 Å². The van der Waals surface area contributed by atoms with Gasteiger partial charge in [0.1, 0.15) is 0 Å². The third-order valence-electron chi connectivity index (χ3n) is 3.20. The fourth-order valence-corrected chi connectivity index (χ4v) is 2.53. The second-order valence-corrected chi connectivity index (χ2v) is 5.44. The maximum absolute atomic E-state index is 4.53. The molecule has 1 N–H and O–H groups in total. The predicted octanol–water partition coefficient (Wildman–Crippen LogP) is 0.939. The van der Waals surface area contributed by atoms with Gasteiger partial charge in [-0.05, 0) is 28.1 Å². The van der Waals surface area contributed by atoms with Crippen LogP contribution in [0.2, 0.25) is 0 Å². The van der Waals surface area contributed by atoms with E-state index in [4.69, 9.17) is 0 Å². The SMILES string of the molecule is Brc1ccc2nc(CCN3CCNCC3)nn2c1. The minimum Gasteiger partial charge on any atom is -0.314 e. The molecule has 0 atom stereocenters. The predicted molar refractivity (Wildman–Crippen MR) is 73.7 cm³/mol. The highest BCUT2D eigenvalue weighted by Crippen LogP contribution is 2.10. The topological polar surface area (TPSA) is 45.5 Å². The van der Waals surface area contributed by atoms with Gasteiger partial charge >= 0.3 is 0 Å². The van der Waals surface area contributed by atoms with Gasteiger partial charge in [-0.1, -0.05) is 0 Å². The summed E-state index contributed by atoms with van der Waals surface area (Å²) in [5.74, 6) is 0.923. The van der Waals surface area contributed by atoms with Crippen LogP contribution in [0, 0.1) is 0 Å². The first kappa shape index (κ1) is 12.1. The van der Waals surface area contributed by atoms with Crippen LogP contribution in [0.5, 0.6) is 0 Å². The normalized spacial score (nSPS) is 17.4. The smallest absolute Gasteiger partial charge is 0.155 e. The summed E-state index contributed by atoms with van der Waals surface area (Å²) in [4.78, 5) is 6.98. The summed E-state index contributed by atoms with van der Waals surface area (Å²) < 4.78 is 2.85. The van der Waals surface area contributed by atoms with E-state index in [2.05, 4.69) is 36.2 Å². The summed E-state index contributed by atoms with van der Waals surface area (Å²) in [6.45, 7) is 5.47. The van der Waals surface area contributed by atoms with Crippen molar-refractivity contribution >= 4 is 21.6 Å². The molecule has 1 aliphatic heterocycles. The standard InChI is InChI=1S/C12H16BrN5/c13-10-1-2-12-15-11(16-18(12)9-10)3-6-17-7-4-14-5-8-17/h1-2,9,14H,3-8H2. The van der Waals surface area contributed by atoms with Crippen molar-refractivity contribution in [3.63, 3.8) is 0 Å². The first-order chi connectivity index (χ1) is 8.81. The molecular weight excluding hydrogens is 294 g/mol. The van der Waals surface area contributed by atoms with Crippen LogP contribution < -0.4 is 5.32 Å². The Hall–Kier alpha value is -0.980. The van der Waals surface area contributed by atoms with E-state index in [0.717, 1.165) is 55.1 Å². The van der Waals surface area contributed by atoms with Crippen molar-refractivity contribution in [3.05, 3.63) is 28.6 Å². The molecule has 2 aromatic heterocycles. The molecule has 0 spiro atoms. The number of fused-ring (bicyclic) bond motifs is 1. The zero-order valence-corrected chi connectivity index (χ0v) is 11.7. The maximum atomic E-state index is 4.53. The summed E-state index contributed by atoms with van der Waals surface area (Å²) in [7, 11) is 0. The minimum atomic E-state index is 0.911. The number of nitrogens with one attached hydrogen (secondary N) is 1. The molecule has 0 saturated carbocycles. The molecular formula is C12H16BrN5. The van der Waals surface area contributed by atoms with E-state index in [-0.39, 0.29) is 0 Å². The zero-order chi connectivity index (χ0) is 12.4. The summed E-state index contributed by atoms with van der Waals surface area (Å²) in [6.07, 6.45) is 2.86. The molecule has 96 valence electrons. The number of halogens is 1. The van der Waals surface area contributed by atoms with E-state index >= 15 is 0 Å². The van der Waals surface area contributed by atoms with Crippen LogP contribution in [0.1, 0.15) is 5.82 Å². The molecule has 0 aliphatic carbocycles. The van der Waals surface area contributed by atoms with Crippen LogP contribution in [0.15, 0.2) is 22.8 Å². The van der Waals surface area contributed by atoms with Crippen molar-refractivity contribution in [1.29, 1.82) is 0 Å². The highest BCUT2D eigenvalue weighted by atomic mass is 79.9. The molecule has 6 heteroatoms. The van der Waals surface area contributed by atoms with Gasteiger partial charge in [0.25, 0.3) is 0 Å². The lowest BCUT2D eigenvalue weighted by Gasteiger charge is -2.26. The van der Waals surface area contributed by atoms with Gasteiger partial charge in [0.2, 0.25) is 0 Å². The van der Waals surface area contributed by atoms with Crippen LogP contribution in [-0.4, -0.2) is 52.2 Å². The monoisotopic (exact) mass is 309 g/mol. The molecule has 18 heavy (non-hydrogen) atoms. The molecule has 5 nitrogen and oxygen atoms in total. The zero-order valence-electron chi connectivity index (χ0n) is 10.1. The van der Waals surface area contributed by atoms with Gasteiger partial charge in [0.05, 0.1) is 0 Å². The molecule has 0 aromatic carbocycles. The minimum absolute atomic E-state index is 0.911. The lowest BCUT2D eigenvalue weighted by molar-refractivity contribution is 0.242. The van der Waals surface area contributed by atoms with E-state index in [1.54, 1.807) is 0 Å². The average molecular weight is 310 g/mol. The first-order valence-corrected chi connectivity index (χ1v) is 7.04. The summed E-state index contributed by atoms with van der Waals surface area (Å²) in [5, 5.41) is 7.85. The number of piperazine rings is 1. The number of pyridine rings is 1. The largest absolute Gasteiger partial charge is 0.314 e. The van der Waals surface area contributed by atoms with Crippen molar-refractivity contribution in [1.82, 2.24) is 24.8 Å². The Morgan fingerprint density at radius 1 is 1.28 bits per heavy atom. The molecule has 0 unspecified atom stereocenters. The Balaban J connectivity index is 1.67. The summed E-state index contributed by atoms with van der Waals surface area (Å²) in [6, 6.07) is 3.97. The lowest BCUT2D eigenvalue weighted by Crippen LogP contribution is -2.44. The van der Waals surface area contributed by atoms with Crippen LogP contribution in [-0.2, 0) is 6.42 Å². The molecule has 0 bridgehead atoms. The third kappa shape index (κ3) is 2.71. The van der Waals surface area contributed by atoms with Crippen LogP contribution >= 0.6 is 15.9 Å². The Labute approximate surface area is 114 Å². The van der Waals surface area contributed by atoms with E-state index < -0.39 is 0 Å². The van der Waals surface area contributed by atoms with Crippen molar-refractivity contribution < 1.29 is 0 Å². The molecule has 0 radical (unpaired) electrons. The molecule has 1 aliphatic rings. The first-order valence-electron chi connectivity index (χ1n) is 6.25. The van der Waals surface area contributed by atoms with Crippen LogP contribution in [0.4, 0.5) is 0 Å². The van der Waals surface area contributed by atoms with Gasteiger partial charge in [0, 0.05) is 49.8 Å². The van der Waals surface area contributed by atoms with Crippen LogP contribution in [0.3, 0.4) is 0 Å². The Morgan fingerprint density at radius 2 is 2.11 bits per heavy atom. The molecule has 3 heterocycles. The second-order valence-electron chi connectivity index (χ2n) is 4.52. The third-order valence-corrected chi connectivity index (χ3v) is 3.67. The molecule has 2 aromatic rings. The Bertz CT molecular complexity index is 532. The van der Waals surface area contributed by atoms with E-state index in [9.17, 15) is 0 Å². The number of rotatable bonds is 3. The van der Waals surface area contributed by atoms with Gasteiger partial charge in [-0.2, -0.15) is 5.10 Å². The summed E-state index contributed by atoms with van der Waals surface area (Å²) in [5.41, 5.74) is 0.911. The van der Waals surface area contributed by atoms with E-state index in [1.807, 2.05) is 22.8 Å². The Morgan fingerprint density at radius 3 is 2.94 bits per heavy atom. The molecule has 0 amide bonds. The molecule has 1 fully saturated rings. The van der Waals surface area contributed by atoms with Gasteiger partial charge in [-0.25, -0.2) is 9.50 Å². The van der Waals surface area contributed by atoms with Crippen molar-refractivity contribution in [2.75, 3.05) is 32.7 Å². The number of hydrogen-bond acceptors (Lipinski definition) is 4. The van der Waals surface area contributed by atoms with Gasteiger partial charge in [0.15, 0.2) is 11.5 Å². The van der Waals surface area contributed by atoms with Crippen LogP contribution in [0.25, 0.3) is 5.65 Å². The quantitative estimate of drug-likeness (QED) is 0.916. The fourth-order valence-electron chi connectivity index (χ4n) is 2.20. The van der Waals surface area contributed by atoms with Gasteiger partial charge in [-0.15, -0.1) is 0 Å².